The molecule has 5 heteroatoms. The van der Waals surface area contributed by atoms with Crippen molar-refractivity contribution in [2.75, 3.05) is 12.3 Å². The van der Waals surface area contributed by atoms with Crippen molar-refractivity contribution >= 4 is 10.0 Å². The SMILES string of the molecule is CCC(C)CS(=O)(=O)NCC(O)Cc1ccccc1. The molecule has 0 radical (unpaired) electrons. The molecule has 2 unspecified atom stereocenters. The maximum Gasteiger partial charge on any atom is 0.211 e. The maximum atomic E-state index is 11.7. The summed E-state index contributed by atoms with van der Waals surface area (Å²) < 4.78 is 25.9. The van der Waals surface area contributed by atoms with Crippen LogP contribution in [0, 0.1) is 5.92 Å². The fourth-order valence-electron chi connectivity index (χ4n) is 1.73. The molecule has 2 N–H and O–H groups in total. The first-order valence-corrected chi connectivity index (χ1v) is 8.27. The average molecular weight is 285 g/mol. The van der Waals surface area contributed by atoms with Gasteiger partial charge < -0.3 is 5.11 Å². The van der Waals surface area contributed by atoms with Gasteiger partial charge in [0, 0.05) is 6.54 Å². The normalized spacial score (nSPS) is 15.1. The second kappa shape index (κ2) is 7.62. The van der Waals surface area contributed by atoms with Gasteiger partial charge in [-0.25, -0.2) is 13.1 Å². The second-order valence-corrected chi connectivity index (χ2v) is 6.84. The fourth-order valence-corrected chi connectivity index (χ4v) is 3.28. The Kier molecular flexibility index (Phi) is 6.48. The summed E-state index contributed by atoms with van der Waals surface area (Å²) in [5.74, 6) is 0.241. The van der Waals surface area contributed by atoms with E-state index in [9.17, 15) is 13.5 Å². The summed E-state index contributed by atoms with van der Waals surface area (Å²) in [7, 11) is -3.29. The van der Waals surface area contributed by atoms with Gasteiger partial charge in [0.15, 0.2) is 0 Å². The summed E-state index contributed by atoms with van der Waals surface area (Å²) in [6.07, 6.45) is 0.578. The van der Waals surface area contributed by atoms with Crippen LogP contribution >= 0.6 is 0 Å². The van der Waals surface area contributed by atoms with E-state index in [1.165, 1.54) is 0 Å². The second-order valence-electron chi connectivity index (χ2n) is 4.99. The first-order valence-electron chi connectivity index (χ1n) is 6.62. The molecule has 0 bridgehead atoms. The minimum atomic E-state index is -3.29. The molecule has 2 atom stereocenters. The molecule has 0 heterocycles. The van der Waals surface area contributed by atoms with Gasteiger partial charge in [-0.1, -0.05) is 50.6 Å². The van der Waals surface area contributed by atoms with Crippen molar-refractivity contribution in [3.8, 4) is 0 Å². The van der Waals surface area contributed by atoms with Gasteiger partial charge in [0.2, 0.25) is 10.0 Å². The Morgan fingerprint density at radius 1 is 1.26 bits per heavy atom. The molecule has 1 rings (SSSR count). The van der Waals surface area contributed by atoms with Crippen molar-refractivity contribution in [2.24, 2.45) is 5.92 Å². The molecule has 108 valence electrons. The van der Waals surface area contributed by atoms with Gasteiger partial charge in [-0.15, -0.1) is 0 Å². The largest absolute Gasteiger partial charge is 0.391 e. The molecule has 0 aliphatic carbocycles. The Bertz CT molecular complexity index is 459. The highest BCUT2D eigenvalue weighted by Gasteiger charge is 2.16. The first kappa shape index (κ1) is 16.1. The van der Waals surface area contributed by atoms with Crippen LogP contribution in [0.4, 0.5) is 0 Å². The monoisotopic (exact) mass is 285 g/mol. The van der Waals surface area contributed by atoms with E-state index >= 15 is 0 Å². The summed E-state index contributed by atoms with van der Waals surface area (Å²) in [4.78, 5) is 0. The third-order valence-electron chi connectivity index (χ3n) is 3.05. The van der Waals surface area contributed by atoms with Gasteiger partial charge in [0.1, 0.15) is 0 Å². The lowest BCUT2D eigenvalue weighted by Gasteiger charge is -2.14. The Morgan fingerprint density at radius 3 is 2.47 bits per heavy atom. The number of hydrogen-bond donors (Lipinski definition) is 2. The molecular weight excluding hydrogens is 262 g/mol. The van der Waals surface area contributed by atoms with Crippen molar-refractivity contribution in [1.82, 2.24) is 4.72 Å². The fraction of sp³-hybridized carbons (Fsp3) is 0.571. The lowest BCUT2D eigenvalue weighted by molar-refractivity contribution is 0.179. The molecule has 0 amide bonds. The summed E-state index contributed by atoms with van der Waals surface area (Å²) in [5.41, 5.74) is 0.996. The summed E-state index contributed by atoms with van der Waals surface area (Å²) in [6, 6.07) is 9.53. The molecule has 0 saturated heterocycles. The minimum Gasteiger partial charge on any atom is -0.391 e. The van der Waals surface area contributed by atoms with E-state index in [4.69, 9.17) is 0 Å². The van der Waals surface area contributed by atoms with Crippen LogP contribution in [0.5, 0.6) is 0 Å². The molecule has 0 aromatic heterocycles. The molecule has 0 fully saturated rings. The van der Waals surface area contributed by atoms with Crippen molar-refractivity contribution in [3.63, 3.8) is 0 Å². The van der Waals surface area contributed by atoms with E-state index < -0.39 is 16.1 Å². The van der Waals surface area contributed by atoms with Crippen LogP contribution in [0.15, 0.2) is 30.3 Å². The Hall–Kier alpha value is -0.910. The predicted molar refractivity (Wildman–Crippen MR) is 77.4 cm³/mol. The molecule has 0 aliphatic heterocycles. The van der Waals surface area contributed by atoms with E-state index in [1.54, 1.807) is 0 Å². The standard InChI is InChI=1S/C14H23NO3S/c1-3-12(2)11-19(17,18)15-10-14(16)9-13-7-5-4-6-8-13/h4-8,12,14-16H,3,9-11H2,1-2H3. The Labute approximate surface area is 115 Å². The highest BCUT2D eigenvalue weighted by atomic mass is 32.2. The van der Waals surface area contributed by atoms with Crippen LogP contribution < -0.4 is 4.72 Å². The van der Waals surface area contributed by atoms with Crippen LogP contribution in [0.3, 0.4) is 0 Å². The third-order valence-corrected chi connectivity index (χ3v) is 4.67. The van der Waals surface area contributed by atoms with Crippen molar-refractivity contribution in [1.29, 1.82) is 0 Å². The number of rotatable bonds is 8. The highest BCUT2D eigenvalue weighted by molar-refractivity contribution is 7.89. The molecule has 0 saturated carbocycles. The Morgan fingerprint density at radius 2 is 1.89 bits per heavy atom. The molecule has 1 aromatic carbocycles. The van der Waals surface area contributed by atoms with Gasteiger partial charge in [-0.2, -0.15) is 0 Å². The summed E-state index contributed by atoms with van der Waals surface area (Å²) in [5, 5.41) is 9.83. The van der Waals surface area contributed by atoms with Gasteiger partial charge in [0.25, 0.3) is 0 Å². The van der Waals surface area contributed by atoms with E-state index in [1.807, 2.05) is 44.2 Å². The third kappa shape index (κ3) is 6.71. The molecule has 4 nitrogen and oxygen atoms in total. The van der Waals surface area contributed by atoms with E-state index in [0.29, 0.717) is 6.42 Å². The van der Waals surface area contributed by atoms with Crippen molar-refractivity contribution in [3.05, 3.63) is 35.9 Å². The van der Waals surface area contributed by atoms with E-state index in [2.05, 4.69) is 4.72 Å². The quantitative estimate of drug-likeness (QED) is 0.761. The van der Waals surface area contributed by atoms with Crippen LogP contribution in [0.25, 0.3) is 0 Å². The number of benzene rings is 1. The van der Waals surface area contributed by atoms with Crippen molar-refractivity contribution in [2.45, 2.75) is 32.8 Å². The lowest BCUT2D eigenvalue weighted by Crippen LogP contribution is -2.36. The smallest absolute Gasteiger partial charge is 0.211 e. The van der Waals surface area contributed by atoms with Gasteiger partial charge in [0.05, 0.1) is 11.9 Å². The molecule has 0 aliphatic rings. The van der Waals surface area contributed by atoms with Crippen LogP contribution in [-0.4, -0.2) is 31.9 Å². The lowest BCUT2D eigenvalue weighted by atomic mass is 10.1. The number of aliphatic hydroxyl groups is 1. The predicted octanol–water partition coefficient (Wildman–Crippen LogP) is 1.56. The van der Waals surface area contributed by atoms with Gasteiger partial charge >= 0.3 is 0 Å². The molecular formula is C14H23NO3S. The molecule has 1 aromatic rings. The summed E-state index contributed by atoms with van der Waals surface area (Å²) in [6.45, 7) is 3.93. The number of hydrogen-bond acceptors (Lipinski definition) is 3. The number of sulfonamides is 1. The minimum absolute atomic E-state index is 0.0632. The average Bonchev–Trinajstić information content (AvgIpc) is 2.37. The zero-order chi connectivity index (χ0) is 14.3. The van der Waals surface area contributed by atoms with E-state index in [0.717, 1.165) is 12.0 Å². The number of nitrogens with one attached hydrogen (secondary N) is 1. The van der Waals surface area contributed by atoms with Crippen molar-refractivity contribution < 1.29 is 13.5 Å². The highest BCUT2D eigenvalue weighted by Crippen LogP contribution is 2.05. The zero-order valence-corrected chi connectivity index (χ0v) is 12.4. The maximum absolute atomic E-state index is 11.7. The first-order chi connectivity index (χ1) is 8.93. The zero-order valence-electron chi connectivity index (χ0n) is 11.5. The Balaban J connectivity index is 2.39. The molecule has 19 heavy (non-hydrogen) atoms. The van der Waals surface area contributed by atoms with Crippen LogP contribution in [0.1, 0.15) is 25.8 Å². The number of aliphatic hydroxyl groups excluding tert-OH is 1. The van der Waals surface area contributed by atoms with E-state index in [-0.39, 0.29) is 18.2 Å². The van der Waals surface area contributed by atoms with Crippen LogP contribution in [-0.2, 0) is 16.4 Å². The molecule has 0 spiro atoms. The summed E-state index contributed by atoms with van der Waals surface area (Å²) >= 11 is 0. The van der Waals surface area contributed by atoms with Crippen LogP contribution in [0.2, 0.25) is 0 Å². The topological polar surface area (TPSA) is 66.4 Å². The van der Waals surface area contributed by atoms with Gasteiger partial charge in [-0.3, -0.25) is 0 Å². The van der Waals surface area contributed by atoms with Gasteiger partial charge in [-0.05, 0) is 17.9 Å².